The summed E-state index contributed by atoms with van der Waals surface area (Å²) in [4.78, 5) is 25.3. The third-order valence-corrected chi connectivity index (χ3v) is 5.18. The minimum Gasteiger partial charge on any atom is -0.359 e. The van der Waals surface area contributed by atoms with E-state index in [9.17, 15) is 4.79 Å². The van der Waals surface area contributed by atoms with Gasteiger partial charge < -0.3 is 20.4 Å². The van der Waals surface area contributed by atoms with E-state index in [0.29, 0.717) is 6.54 Å². The Hall–Kier alpha value is -1.90. The van der Waals surface area contributed by atoms with E-state index in [2.05, 4.69) is 41.7 Å². The first-order valence-corrected chi connectivity index (χ1v) is 9.44. The summed E-state index contributed by atoms with van der Waals surface area (Å²) in [5.74, 6) is 1.77. The first kappa shape index (κ1) is 19.4. The number of hydrogen-bond donors (Lipinski definition) is 2. The third-order valence-electron chi connectivity index (χ3n) is 4.37. The molecule has 0 bridgehead atoms. The molecule has 0 unspecified atom stereocenters. The lowest BCUT2D eigenvalue weighted by Gasteiger charge is -2.37. The highest BCUT2D eigenvalue weighted by Gasteiger charge is 2.28. The first-order valence-electron chi connectivity index (χ1n) is 8.66. The lowest BCUT2D eigenvalue weighted by molar-refractivity contribution is -0.128. The second kappa shape index (κ2) is 8.46. The van der Waals surface area contributed by atoms with Crippen molar-refractivity contribution in [2.45, 2.75) is 27.2 Å². The second-order valence-corrected chi connectivity index (χ2v) is 7.41. The second-order valence-electron chi connectivity index (χ2n) is 6.68. The van der Waals surface area contributed by atoms with Crippen LogP contribution in [0.2, 0.25) is 0 Å². The summed E-state index contributed by atoms with van der Waals surface area (Å²) in [6.45, 7) is 9.95. The molecule has 2 heterocycles. The Morgan fingerprint density at radius 1 is 1.32 bits per heavy atom. The summed E-state index contributed by atoms with van der Waals surface area (Å²) in [6, 6.07) is 0. The molecule has 140 valence electrons. The molecular weight excluding hydrogens is 338 g/mol. The molecule has 8 nitrogen and oxygen atoms in total. The molecule has 9 heteroatoms. The fraction of sp³-hybridized carbons (Fsp3) is 0.750. The number of piperazine rings is 1. The molecule has 1 aromatic heterocycles. The molecule has 2 rings (SSSR count). The van der Waals surface area contributed by atoms with Gasteiger partial charge in [0.05, 0.1) is 5.41 Å². The van der Waals surface area contributed by atoms with E-state index in [-0.39, 0.29) is 5.91 Å². The highest BCUT2D eigenvalue weighted by molar-refractivity contribution is 7.09. The molecule has 1 saturated heterocycles. The third kappa shape index (κ3) is 4.81. The van der Waals surface area contributed by atoms with Crippen LogP contribution >= 0.6 is 11.5 Å². The quantitative estimate of drug-likeness (QED) is 0.585. The van der Waals surface area contributed by atoms with Crippen molar-refractivity contribution < 1.29 is 4.79 Å². The molecule has 0 atom stereocenters. The molecule has 2 N–H and O–H groups in total. The summed E-state index contributed by atoms with van der Waals surface area (Å²) in [5.41, 5.74) is -0.490. The lowest BCUT2D eigenvalue weighted by atomic mass is 9.92. The zero-order valence-corrected chi connectivity index (χ0v) is 16.6. The molecule has 1 aliphatic heterocycles. The molecule has 0 spiro atoms. The average Bonchev–Trinajstić information content (AvgIpc) is 3.11. The SMILES string of the molecule is CCc1nsc(N2CCN(C(=NC)NCC(C)(C)C(=O)NC)CC2)n1. The zero-order chi connectivity index (χ0) is 18.4. The number of carbonyl (C=O) groups excluding carboxylic acids is 1. The molecule has 0 aliphatic carbocycles. The fourth-order valence-corrected chi connectivity index (χ4v) is 3.48. The van der Waals surface area contributed by atoms with Crippen LogP contribution in [0.25, 0.3) is 0 Å². The number of aryl methyl sites for hydroxylation is 1. The molecule has 0 aromatic carbocycles. The van der Waals surface area contributed by atoms with Crippen LogP contribution in [0, 0.1) is 5.41 Å². The van der Waals surface area contributed by atoms with Crippen molar-refractivity contribution in [1.82, 2.24) is 24.9 Å². The molecule has 1 aromatic rings. The number of aromatic nitrogens is 2. The van der Waals surface area contributed by atoms with Crippen molar-refractivity contribution in [1.29, 1.82) is 0 Å². The number of guanidine groups is 1. The number of anilines is 1. The summed E-state index contributed by atoms with van der Waals surface area (Å²) in [5, 5.41) is 7.04. The summed E-state index contributed by atoms with van der Waals surface area (Å²) < 4.78 is 4.36. The minimum absolute atomic E-state index is 0.0169. The van der Waals surface area contributed by atoms with Gasteiger partial charge in [0.1, 0.15) is 5.82 Å². The Morgan fingerprint density at radius 3 is 2.52 bits per heavy atom. The van der Waals surface area contributed by atoms with Crippen molar-refractivity contribution in [3.63, 3.8) is 0 Å². The normalized spacial score (nSPS) is 16.1. The van der Waals surface area contributed by atoms with Gasteiger partial charge in [-0.05, 0) is 13.8 Å². The van der Waals surface area contributed by atoms with E-state index in [0.717, 1.165) is 49.5 Å². The monoisotopic (exact) mass is 367 g/mol. The molecule has 25 heavy (non-hydrogen) atoms. The van der Waals surface area contributed by atoms with Crippen LogP contribution in [0.3, 0.4) is 0 Å². The maximum Gasteiger partial charge on any atom is 0.227 e. The zero-order valence-electron chi connectivity index (χ0n) is 15.8. The van der Waals surface area contributed by atoms with E-state index in [1.54, 1.807) is 14.1 Å². The summed E-state index contributed by atoms with van der Waals surface area (Å²) >= 11 is 1.47. The number of hydrogen-bond acceptors (Lipinski definition) is 6. The van der Waals surface area contributed by atoms with Crippen LogP contribution in [0.5, 0.6) is 0 Å². The van der Waals surface area contributed by atoms with Crippen LogP contribution in [-0.4, -0.2) is 72.9 Å². The highest BCUT2D eigenvalue weighted by atomic mass is 32.1. The van der Waals surface area contributed by atoms with Gasteiger partial charge >= 0.3 is 0 Å². The van der Waals surface area contributed by atoms with Crippen LogP contribution in [-0.2, 0) is 11.2 Å². The van der Waals surface area contributed by atoms with Crippen molar-refractivity contribution in [3.8, 4) is 0 Å². The van der Waals surface area contributed by atoms with E-state index >= 15 is 0 Å². The fourth-order valence-electron chi connectivity index (χ4n) is 2.68. The Morgan fingerprint density at radius 2 is 2.00 bits per heavy atom. The van der Waals surface area contributed by atoms with Crippen molar-refractivity contribution in [2.75, 3.05) is 51.7 Å². The number of aliphatic imine (C=N–C) groups is 1. The van der Waals surface area contributed by atoms with Gasteiger partial charge in [0.15, 0.2) is 5.96 Å². The Balaban J connectivity index is 1.88. The van der Waals surface area contributed by atoms with Crippen LogP contribution in [0.1, 0.15) is 26.6 Å². The topological polar surface area (TPSA) is 85.8 Å². The molecule has 0 saturated carbocycles. The molecule has 1 fully saturated rings. The van der Waals surface area contributed by atoms with E-state index < -0.39 is 5.41 Å². The lowest BCUT2D eigenvalue weighted by Crippen LogP contribution is -2.54. The smallest absolute Gasteiger partial charge is 0.227 e. The van der Waals surface area contributed by atoms with Gasteiger partial charge in [-0.15, -0.1) is 0 Å². The number of nitrogens with zero attached hydrogens (tertiary/aromatic N) is 5. The van der Waals surface area contributed by atoms with Gasteiger partial charge in [-0.1, -0.05) is 6.92 Å². The van der Waals surface area contributed by atoms with Gasteiger partial charge in [0.25, 0.3) is 0 Å². The summed E-state index contributed by atoms with van der Waals surface area (Å²) in [7, 11) is 3.44. The molecular formula is C16H29N7OS. The Labute approximate surface area is 153 Å². The Bertz CT molecular complexity index is 605. The van der Waals surface area contributed by atoms with Crippen molar-refractivity contribution >= 4 is 28.5 Å². The Kier molecular flexibility index (Phi) is 6.57. The number of carbonyl (C=O) groups is 1. The van der Waals surface area contributed by atoms with E-state index in [1.807, 2.05) is 13.8 Å². The largest absolute Gasteiger partial charge is 0.359 e. The van der Waals surface area contributed by atoms with E-state index in [4.69, 9.17) is 0 Å². The van der Waals surface area contributed by atoms with Gasteiger partial charge in [-0.3, -0.25) is 9.79 Å². The predicted octanol–water partition coefficient (Wildman–Crippen LogP) is 0.570. The van der Waals surface area contributed by atoms with Gasteiger partial charge in [-0.25, -0.2) is 4.98 Å². The predicted molar refractivity (Wildman–Crippen MR) is 102 cm³/mol. The maximum atomic E-state index is 11.9. The number of amides is 1. The van der Waals surface area contributed by atoms with Crippen LogP contribution < -0.4 is 15.5 Å². The van der Waals surface area contributed by atoms with Crippen LogP contribution in [0.4, 0.5) is 5.13 Å². The number of nitrogens with one attached hydrogen (secondary N) is 2. The van der Waals surface area contributed by atoms with Gasteiger partial charge in [0, 0.05) is 64.8 Å². The minimum atomic E-state index is -0.490. The molecule has 0 radical (unpaired) electrons. The van der Waals surface area contributed by atoms with Crippen molar-refractivity contribution in [2.24, 2.45) is 10.4 Å². The summed E-state index contributed by atoms with van der Waals surface area (Å²) in [6.07, 6.45) is 0.869. The van der Waals surface area contributed by atoms with Gasteiger partial charge in [-0.2, -0.15) is 4.37 Å². The highest BCUT2D eigenvalue weighted by Crippen LogP contribution is 2.19. The first-order chi connectivity index (χ1) is 11.9. The standard InChI is InChI=1S/C16H29N7OS/c1-6-12-20-15(25-21-12)23-9-7-22(8-10-23)14(18-5)19-11-16(2,3)13(24)17-4/h6-11H2,1-5H3,(H,17,24)(H,18,19). The number of rotatable bonds is 5. The van der Waals surface area contributed by atoms with Gasteiger partial charge in [0.2, 0.25) is 11.0 Å². The van der Waals surface area contributed by atoms with E-state index in [1.165, 1.54) is 11.5 Å². The van der Waals surface area contributed by atoms with Crippen LogP contribution in [0.15, 0.2) is 4.99 Å². The molecule has 1 amide bonds. The maximum absolute atomic E-state index is 11.9. The van der Waals surface area contributed by atoms with Crippen molar-refractivity contribution in [3.05, 3.63) is 5.82 Å². The average molecular weight is 368 g/mol. The molecule has 1 aliphatic rings.